The van der Waals surface area contributed by atoms with Gasteiger partial charge in [0.05, 0.1) is 6.54 Å². The summed E-state index contributed by atoms with van der Waals surface area (Å²) in [6.45, 7) is 3.71. The summed E-state index contributed by atoms with van der Waals surface area (Å²) in [6, 6.07) is 8.33. The molecule has 2 rings (SSSR count). The van der Waals surface area contributed by atoms with Crippen molar-refractivity contribution >= 4 is 27.3 Å². The van der Waals surface area contributed by atoms with Gasteiger partial charge in [-0.05, 0) is 29.3 Å². The molecule has 0 fully saturated rings. The first-order valence-corrected chi connectivity index (χ1v) is 6.61. The summed E-state index contributed by atoms with van der Waals surface area (Å²) in [5, 5.41) is 9.35. The molecule has 0 bridgehead atoms. The monoisotopic (exact) mass is 248 g/mol. The first-order valence-electron chi connectivity index (χ1n) is 5.73. The fourth-order valence-corrected chi connectivity index (χ4v) is 2.70. The Morgan fingerprint density at radius 3 is 3.00 bits per heavy atom. The van der Waals surface area contributed by atoms with Crippen molar-refractivity contribution in [1.29, 1.82) is 0 Å². The van der Waals surface area contributed by atoms with Gasteiger partial charge in [-0.15, -0.1) is 11.3 Å². The fraction of sp³-hybridized carbons (Fsp3) is 0.308. The molecule has 0 radical (unpaired) electrons. The normalized spacial score (nSPS) is 10.6. The van der Waals surface area contributed by atoms with Crippen LogP contribution in [0.1, 0.15) is 12.5 Å². The van der Waals surface area contributed by atoms with Crippen molar-refractivity contribution in [2.45, 2.75) is 13.5 Å². The molecule has 4 heteroatoms. The van der Waals surface area contributed by atoms with Crippen molar-refractivity contribution in [3.8, 4) is 0 Å². The van der Waals surface area contributed by atoms with Crippen LogP contribution in [-0.4, -0.2) is 19.0 Å². The fourth-order valence-electron chi connectivity index (χ4n) is 1.74. The second-order valence-corrected chi connectivity index (χ2v) is 4.73. The zero-order chi connectivity index (χ0) is 12.1. The molecule has 0 saturated carbocycles. The average molecular weight is 248 g/mol. The Morgan fingerprint density at radius 2 is 2.18 bits per heavy atom. The minimum Gasteiger partial charge on any atom is -0.355 e. The highest BCUT2D eigenvalue weighted by Gasteiger charge is 2.03. The van der Waals surface area contributed by atoms with Crippen molar-refractivity contribution < 1.29 is 4.79 Å². The van der Waals surface area contributed by atoms with Crippen LogP contribution in [0.3, 0.4) is 0 Å². The number of thiophene rings is 1. The summed E-state index contributed by atoms with van der Waals surface area (Å²) in [6.07, 6.45) is 0. The molecule has 0 spiro atoms. The van der Waals surface area contributed by atoms with E-state index in [1.54, 1.807) is 11.3 Å². The van der Waals surface area contributed by atoms with Gasteiger partial charge in [-0.2, -0.15) is 0 Å². The Balaban J connectivity index is 1.93. The molecule has 1 aromatic carbocycles. The van der Waals surface area contributed by atoms with Crippen molar-refractivity contribution in [3.63, 3.8) is 0 Å². The molecule has 0 saturated heterocycles. The maximum atomic E-state index is 11.3. The maximum Gasteiger partial charge on any atom is 0.233 e. The topological polar surface area (TPSA) is 41.1 Å². The number of hydrogen-bond acceptors (Lipinski definition) is 3. The lowest BCUT2D eigenvalue weighted by Gasteiger charge is -2.04. The SMILES string of the molecule is CCNC(=O)CNCc1csc2ccccc12. The molecular weight excluding hydrogens is 232 g/mol. The molecule has 1 heterocycles. The molecule has 2 N–H and O–H groups in total. The zero-order valence-electron chi connectivity index (χ0n) is 9.82. The highest BCUT2D eigenvalue weighted by molar-refractivity contribution is 7.17. The summed E-state index contributed by atoms with van der Waals surface area (Å²) >= 11 is 1.74. The molecule has 0 aliphatic carbocycles. The Kier molecular flexibility index (Phi) is 4.12. The van der Waals surface area contributed by atoms with Crippen molar-refractivity contribution in [3.05, 3.63) is 35.2 Å². The molecule has 1 amide bonds. The summed E-state index contributed by atoms with van der Waals surface area (Å²) < 4.78 is 1.29. The van der Waals surface area contributed by atoms with Crippen LogP contribution in [0.4, 0.5) is 0 Å². The van der Waals surface area contributed by atoms with Gasteiger partial charge < -0.3 is 10.6 Å². The predicted octanol–water partition coefficient (Wildman–Crippen LogP) is 2.13. The van der Waals surface area contributed by atoms with E-state index in [0.29, 0.717) is 13.1 Å². The minimum atomic E-state index is 0.0482. The number of likely N-dealkylation sites (N-methyl/N-ethyl adjacent to an activating group) is 1. The third-order valence-electron chi connectivity index (χ3n) is 2.54. The van der Waals surface area contributed by atoms with E-state index in [9.17, 15) is 4.79 Å². The first-order chi connectivity index (χ1) is 8.31. The van der Waals surface area contributed by atoms with Crippen molar-refractivity contribution in [2.24, 2.45) is 0 Å². The third kappa shape index (κ3) is 3.05. The number of rotatable bonds is 5. The van der Waals surface area contributed by atoms with Crippen LogP contribution in [0.15, 0.2) is 29.6 Å². The lowest BCUT2D eigenvalue weighted by Crippen LogP contribution is -2.33. The molecule has 3 nitrogen and oxygen atoms in total. The zero-order valence-corrected chi connectivity index (χ0v) is 10.6. The van der Waals surface area contributed by atoms with Crippen molar-refractivity contribution in [2.75, 3.05) is 13.1 Å². The average Bonchev–Trinajstić information content (AvgIpc) is 2.73. The van der Waals surface area contributed by atoms with Crippen LogP contribution in [0.25, 0.3) is 10.1 Å². The number of carbonyl (C=O) groups excluding carboxylic acids is 1. The molecule has 0 unspecified atom stereocenters. The number of nitrogens with one attached hydrogen (secondary N) is 2. The van der Waals surface area contributed by atoms with Crippen LogP contribution in [0.5, 0.6) is 0 Å². The number of carbonyl (C=O) groups is 1. The largest absolute Gasteiger partial charge is 0.355 e. The summed E-state index contributed by atoms with van der Waals surface area (Å²) in [4.78, 5) is 11.3. The van der Waals surface area contributed by atoms with Crippen molar-refractivity contribution in [1.82, 2.24) is 10.6 Å². The van der Waals surface area contributed by atoms with E-state index < -0.39 is 0 Å². The molecule has 0 atom stereocenters. The quantitative estimate of drug-likeness (QED) is 0.851. The lowest BCUT2D eigenvalue weighted by atomic mass is 10.2. The summed E-state index contributed by atoms with van der Waals surface area (Å²) in [5.41, 5.74) is 1.26. The molecular formula is C13H16N2OS. The Bertz CT molecular complexity index is 507. The first kappa shape index (κ1) is 12.1. The number of hydrogen-bond donors (Lipinski definition) is 2. The standard InChI is InChI=1S/C13H16N2OS/c1-2-15-13(16)8-14-7-10-9-17-12-6-4-3-5-11(10)12/h3-6,9,14H,2,7-8H2,1H3,(H,15,16). The van der Waals surface area contributed by atoms with Gasteiger partial charge >= 0.3 is 0 Å². The van der Waals surface area contributed by atoms with E-state index in [4.69, 9.17) is 0 Å². The van der Waals surface area contributed by atoms with Crippen LogP contribution in [-0.2, 0) is 11.3 Å². The van der Waals surface area contributed by atoms with Gasteiger partial charge in [0.15, 0.2) is 0 Å². The van der Waals surface area contributed by atoms with E-state index in [1.165, 1.54) is 15.6 Å². The van der Waals surface area contributed by atoms with Gasteiger partial charge in [0.25, 0.3) is 0 Å². The van der Waals surface area contributed by atoms with Crippen LogP contribution >= 0.6 is 11.3 Å². The number of benzene rings is 1. The Hall–Kier alpha value is -1.39. The second-order valence-electron chi connectivity index (χ2n) is 3.81. The van der Waals surface area contributed by atoms with Gasteiger partial charge in [-0.3, -0.25) is 4.79 Å². The van der Waals surface area contributed by atoms with E-state index in [0.717, 1.165) is 6.54 Å². The van der Waals surface area contributed by atoms with Gasteiger partial charge in [-0.25, -0.2) is 0 Å². The van der Waals surface area contributed by atoms with Gasteiger partial charge in [-0.1, -0.05) is 18.2 Å². The smallest absolute Gasteiger partial charge is 0.233 e. The Labute approximate surface area is 105 Å². The van der Waals surface area contributed by atoms with Gasteiger partial charge in [0, 0.05) is 17.8 Å². The molecule has 1 aromatic heterocycles. The molecule has 0 aliphatic heterocycles. The number of fused-ring (bicyclic) bond motifs is 1. The molecule has 2 aromatic rings. The van der Waals surface area contributed by atoms with Gasteiger partial charge in [0.1, 0.15) is 0 Å². The highest BCUT2D eigenvalue weighted by atomic mass is 32.1. The van der Waals surface area contributed by atoms with Crippen LogP contribution < -0.4 is 10.6 Å². The predicted molar refractivity (Wildman–Crippen MR) is 72.2 cm³/mol. The Morgan fingerprint density at radius 1 is 1.35 bits per heavy atom. The molecule has 0 aliphatic rings. The van der Waals surface area contributed by atoms with E-state index in [2.05, 4.69) is 28.1 Å². The molecule has 17 heavy (non-hydrogen) atoms. The van der Waals surface area contributed by atoms with Gasteiger partial charge in [0.2, 0.25) is 5.91 Å². The second kappa shape index (κ2) is 5.80. The maximum absolute atomic E-state index is 11.3. The van der Waals surface area contributed by atoms with Crippen LogP contribution in [0.2, 0.25) is 0 Å². The van der Waals surface area contributed by atoms with Crippen LogP contribution in [0, 0.1) is 0 Å². The minimum absolute atomic E-state index is 0.0482. The summed E-state index contributed by atoms with van der Waals surface area (Å²) in [5.74, 6) is 0.0482. The van der Waals surface area contributed by atoms with E-state index >= 15 is 0 Å². The van der Waals surface area contributed by atoms with E-state index in [1.807, 2.05) is 19.1 Å². The van der Waals surface area contributed by atoms with E-state index in [-0.39, 0.29) is 5.91 Å². The summed E-state index contributed by atoms with van der Waals surface area (Å²) in [7, 11) is 0. The lowest BCUT2D eigenvalue weighted by molar-refractivity contribution is -0.120. The third-order valence-corrected chi connectivity index (χ3v) is 3.55. The molecule has 90 valence electrons. The highest BCUT2D eigenvalue weighted by Crippen LogP contribution is 2.25. The number of amides is 1.